The molecule has 0 amide bonds. The molecule has 100 valence electrons. The highest BCUT2D eigenvalue weighted by Gasteiger charge is 2.10. The van der Waals surface area contributed by atoms with Crippen LogP contribution in [-0.2, 0) is 0 Å². The van der Waals surface area contributed by atoms with E-state index in [4.69, 9.17) is 11.6 Å². The largest absolute Gasteiger partial charge is 0.269 e. The molecular weight excluding hydrogens is 274 g/mol. The molecule has 0 aliphatic heterocycles. The monoisotopic (exact) mass is 285 g/mol. The van der Waals surface area contributed by atoms with Crippen LogP contribution in [0.4, 0.5) is 0 Å². The molecule has 3 rings (SSSR count). The van der Waals surface area contributed by atoms with Crippen LogP contribution in [0.5, 0.6) is 0 Å². The molecular formula is C15H12ClN3O. The summed E-state index contributed by atoms with van der Waals surface area (Å²) in [7, 11) is 0. The molecule has 4 nitrogen and oxygen atoms in total. The topological polar surface area (TPSA) is 47.8 Å². The Balaban J connectivity index is 2.46. The zero-order chi connectivity index (χ0) is 14.3. The molecule has 0 saturated carbocycles. The highest BCUT2D eigenvalue weighted by molar-refractivity contribution is 6.28. The van der Waals surface area contributed by atoms with Gasteiger partial charge in [-0.1, -0.05) is 12.1 Å². The van der Waals surface area contributed by atoms with Gasteiger partial charge in [-0.3, -0.25) is 9.36 Å². The van der Waals surface area contributed by atoms with E-state index < -0.39 is 0 Å². The summed E-state index contributed by atoms with van der Waals surface area (Å²) < 4.78 is 1.56. The molecule has 0 aliphatic rings. The SMILES string of the molecule is Cc1cccc(-n2c(=O)cc(C)c3cnc(Cl)nc32)c1. The van der Waals surface area contributed by atoms with E-state index >= 15 is 0 Å². The number of benzene rings is 1. The molecule has 2 heterocycles. The van der Waals surface area contributed by atoms with Crippen LogP contribution in [0.3, 0.4) is 0 Å². The van der Waals surface area contributed by atoms with Crippen LogP contribution in [0.2, 0.25) is 5.28 Å². The van der Waals surface area contributed by atoms with Crippen molar-refractivity contribution in [1.29, 1.82) is 0 Å². The molecule has 20 heavy (non-hydrogen) atoms. The molecule has 0 atom stereocenters. The number of fused-ring (bicyclic) bond motifs is 1. The van der Waals surface area contributed by atoms with Gasteiger partial charge in [0.05, 0.1) is 5.69 Å². The summed E-state index contributed by atoms with van der Waals surface area (Å²) in [6.07, 6.45) is 1.64. The first kappa shape index (κ1) is 12.8. The van der Waals surface area contributed by atoms with Crippen molar-refractivity contribution in [2.75, 3.05) is 0 Å². The van der Waals surface area contributed by atoms with Gasteiger partial charge in [0.1, 0.15) is 0 Å². The number of halogens is 1. The van der Waals surface area contributed by atoms with Crippen molar-refractivity contribution in [2.45, 2.75) is 13.8 Å². The summed E-state index contributed by atoms with van der Waals surface area (Å²) in [5.74, 6) is 0. The van der Waals surface area contributed by atoms with E-state index in [1.807, 2.05) is 38.1 Å². The van der Waals surface area contributed by atoms with Gasteiger partial charge in [-0.15, -0.1) is 0 Å². The van der Waals surface area contributed by atoms with Crippen molar-refractivity contribution in [3.63, 3.8) is 0 Å². The van der Waals surface area contributed by atoms with Crippen molar-refractivity contribution >= 4 is 22.6 Å². The van der Waals surface area contributed by atoms with Crippen LogP contribution >= 0.6 is 11.6 Å². The van der Waals surface area contributed by atoms with Crippen molar-refractivity contribution < 1.29 is 0 Å². The Bertz CT molecular complexity index is 871. The lowest BCUT2D eigenvalue weighted by Crippen LogP contribution is -2.19. The second-order valence-corrected chi connectivity index (χ2v) is 5.05. The second-order valence-electron chi connectivity index (χ2n) is 4.72. The van der Waals surface area contributed by atoms with Gasteiger partial charge >= 0.3 is 0 Å². The van der Waals surface area contributed by atoms with E-state index in [2.05, 4.69) is 9.97 Å². The van der Waals surface area contributed by atoms with Gasteiger partial charge in [0.25, 0.3) is 5.56 Å². The van der Waals surface area contributed by atoms with Crippen LogP contribution in [-0.4, -0.2) is 14.5 Å². The Hall–Kier alpha value is -2.20. The lowest BCUT2D eigenvalue weighted by molar-refractivity contribution is 0.995. The average Bonchev–Trinajstić information content (AvgIpc) is 2.38. The summed E-state index contributed by atoms with van der Waals surface area (Å²) in [6.45, 7) is 3.84. The number of hydrogen-bond acceptors (Lipinski definition) is 3. The maximum absolute atomic E-state index is 12.3. The minimum absolute atomic E-state index is 0.129. The maximum Gasteiger partial charge on any atom is 0.257 e. The standard InChI is InChI=1S/C15H12ClN3O/c1-9-4-3-5-11(6-9)19-13(20)7-10(2)12-8-17-15(16)18-14(12)19/h3-8H,1-2H3. The Morgan fingerprint density at radius 3 is 2.75 bits per heavy atom. The zero-order valence-corrected chi connectivity index (χ0v) is 11.8. The number of rotatable bonds is 1. The fourth-order valence-corrected chi connectivity index (χ4v) is 2.38. The zero-order valence-electron chi connectivity index (χ0n) is 11.1. The van der Waals surface area contributed by atoms with Gasteiger partial charge in [0, 0.05) is 17.6 Å². The smallest absolute Gasteiger partial charge is 0.257 e. The average molecular weight is 286 g/mol. The Kier molecular flexibility index (Phi) is 3.03. The Labute approximate surface area is 120 Å². The van der Waals surface area contributed by atoms with Crippen LogP contribution < -0.4 is 5.56 Å². The van der Waals surface area contributed by atoms with E-state index in [0.717, 1.165) is 22.2 Å². The number of pyridine rings is 1. The van der Waals surface area contributed by atoms with Gasteiger partial charge in [-0.25, -0.2) is 4.98 Å². The van der Waals surface area contributed by atoms with Crippen LogP contribution in [0.1, 0.15) is 11.1 Å². The van der Waals surface area contributed by atoms with Gasteiger partial charge in [-0.2, -0.15) is 4.98 Å². The van der Waals surface area contributed by atoms with E-state index in [1.54, 1.807) is 16.8 Å². The number of aryl methyl sites for hydroxylation is 2. The summed E-state index contributed by atoms with van der Waals surface area (Å²) in [6, 6.07) is 9.28. The third-order valence-corrected chi connectivity index (χ3v) is 3.38. The molecule has 3 aromatic rings. The molecule has 0 spiro atoms. The van der Waals surface area contributed by atoms with Gasteiger partial charge in [0.2, 0.25) is 5.28 Å². The minimum atomic E-state index is -0.129. The molecule has 0 unspecified atom stereocenters. The minimum Gasteiger partial charge on any atom is -0.269 e. The van der Waals surface area contributed by atoms with Gasteiger partial charge in [-0.05, 0) is 48.7 Å². The highest BCUT2D eigenvalue weighted by atomic mass is 35.5. The second kappa shape index (κ2) is 4.72. The van der Waals surface area contributed by atoms with Crippen LogP contribution in [0.25, 0.3) is 16.7 Å². The lowest BCUT2D eigenvalue weighted by atomic mass is 10.2. The predicted molar refractivity (Wildman–Crippen MR) is 79.6 cm³/mol. The molecule has 0 fully saturated rings. The first-order chi connectivity index (χ1) is 9.56. The first-order valence-electron chi connectivity index (χ1n) is 6.18. The van der Waals surface area contributed by atoms with Crippen LogP contribution in [0, 0.1) is 13.8 Å². The van der Waals surface area contributed by atoms with Crippen molar-refractivity contribution in [3.05, 3.63) is 63.3 Å². The Morgan fingerprint density at radius 2 is 2.00 bits per heavy atom. The van der Waals surface area contributed by atoms with E-state index in [0.29, 0.717) is 5.65 Å². The molecule has 2 aromatic heterocycles. The third kappa shape index (κ3) is 2.08. The van der Waals surface area contributed by atoms with Gasteiger partial charge in [0.15, 0.2) is 5.65 Å². The summed E-state index contributed by atoms with van der Waals surface area (Å²) >= 11 is 5.88. The molecule has 0 saturated heterocycles. The molecule has 0 radical (unpaired) electrons. The number of aromatic nitrogens is 3. The Morgan fingerprint density at radius 1 is 1.20 bits per heavy atom. The van der Waals surface area contributed by atoms with Crippen molar-refractivity contribution in [3.8, 4) is 5.69 Å². The van der Waals surface area contributed by atoms with E-state index in [-0.39, 0.29) is 10.8 Å². The van der Waals surface area contributed by atoms with E-state index in [1.165, 1.54) is 0 Å². The highest BCUT2D eigenvalue weighted by Crippen LogP contribution is 2.19. The van der Waals surface area contributed by atoms with Crippen molar-refractivity contribution in [1.82, 2.24) is 14.5 Å². The maximum atomic E-state index is 12.3. The summed E-state index contributed by atoms with van der Waals surface area (Å²) in [5, 5.41) is 0.944. The molecule has 0 aliphatic carbocycles. The van der Waals surface area contributed by atoms with Crippen LogP contribution in [0.15, 0.2) is 41.3 Å². The first-order valence-corrected chi connectivity index (χ1v) is 6.56. The summed E-state index contributed by atoms with van der Waals surface area (Å²) in [5.41, 5.74) is 3.08. The predicted octanol–water partition coefficient (Wildman–Crippen LogP) is 3.05. The normalized spacial score (nSPS) is 10.9. The van der Waals surface area contributed by atoms with Gasteiger partial charge < -0.3 is 0 Å². The van der Waals surface area contributed by atoms with Crippen molar-refractivity contribution in [2.24, 2.45) is 0 Å². The number of nitrogens with zero attached hydrogens (tertiary/aromatic N) is 3. The fourth-order valence-electron chi connectivity index (χ4n) is 2.25. The van der Waals surface area contributed by atoms with E-state index in [9.17, 15) is 4.79 Å². The number of hydrogen-bond donors (Lipinski definition) is 0. The summed E-state index contributed by atoms with van der Waals surface area (Å²) in [4.78, 5) is 20.5. The quantitative estimate of drug-likeness (QED) is 0.646. The molecule has 0 N–H and O–H groups in total. The molecule has 5 heteroatoms. The lowest BCUT2D eigenvalue weighted by Gasteiger charge is -2.11. The molecule has 0 bridgehead atoms. The molecule has 1 aromatic carbocycles. The third-order valence-electron chi connectivity index (χ3n) is 3.20. The fraction of sp³-hybridized carbons (Fsp3) is 0.133.